The molecule has 2 heterocycles. The molecule has 1 radical (unpaired) electrons. The average molecular weight is 853 g/mol. The summed E-state index contributed by atoms with van der Waals surface area (Å²) >= 11 is 0. The van der Waals surface area contributed by atoms with Gasteiger partial charge in [0.2, 0.25) is 0 Å². The van der Waals surface area contributed by atoms with Crippen LogP contribution in [0.25, 0.3) is 33.2 Å². The van der Waals surface area contributed by atoms with Crippen molar-refractivity contribution in [1.29, 1.82) is 0 Å². The zero-order chi connectivity index (χ0) is 35.4. The van der Waals surface area contributed by atoms with Crippen molar-refractivity contribution in [3.63, 3.8) is 0 Å². The van der Waals surface area contributed by atoms with Crippen LogP contribution in [0.2, 0.25) is 13.1 Å². The first-order valence-electron chi connectivity index (χ1n) is 18.2. The van der Waals surface area contributed by atoms with Crippen LogP contribution in [0.3, 0.4) is 0 Å². The second-order valence-corrected chi connectivity index (χ2v) is 19.9. The number of ketones is 1. The van der Waals surface area contributed by atoms with E-state index in [4.69, 9.17) is 4.98 Å². The Morgan fingerprint density at radius 2 is 1.53 bits per heavy atom. The summed E-state index contributed by atoms with van der Waals surface area (Å²) < 4.78 is 0. The number of pyridine rings is 1. The normalized spacial score (nSPS) is 13.6. The Kier molecular flexibility index (Phi) is 14.0. The largest absolute Gasteiger partial charge is 0.512 e. The molecule has 0 atom stereocenters. The van der Waals surface area contributed by atoms with Crippen LogP contribution < -0.4 is 10.4 Å². The summed E-state index contributed by atoms with van der Waals surface area (Å²) in [7, 11) is -1.90. The molecule has 0 unspecified atom stereocenters. The topological polar surface area (TPSA) is 50.2 Å². The Morgan fingerprint density at radius 3 is 2.12 bits per heavy atom. The molecular formula is C44H58IrNO2Si-. The van der Waals surface area contributed by atoms with Gasteiger partial charge in [-0.1, -0.05) is 128 Å². The molecule has 0 spiro atoms. The maximum Gasteiger partial charge on any atom is 0.162 e. The van der Waals surface area contributed by atoms with Crippen LogP contribution in [0.4, 0.5) is 0 Å². The van der Waals surface area contributed by atoms with Gasteiger partial charge >= 0.3 is 0 Å². The zero-order valence-electron chi connectivity index (χ0n) is 31.8. The monoisotopic (exact) mass is 853 g/mol. The summed E-state index contributed by atoms with van der Waals surface area (Å²) in [5, 5.41) is 15.2. The van der Waals surface area contributed by atoms with Crippen LogP contribution in [-0.2, 0) is 36.7 Å². The number of rotatable bonds is 10. The molecule has 1 N–H and O–H groups in total. The Hall–Kier alpha value is -2.85. The summed E-state index contributed by atoms with van der Waals surface area (Å²) in [5.74, 6) is 1.21. The Morgan fingerprint density at radius 1 is 0.898 bits per heavy atom. The van der Waals surface area contributed by atoms with Gasteiger partial charge in [0.05, 0.1) is 5.76 Å². The van der Waals surface area contributed by atoms with E-state index < -0.39 is 8.07 Å². The molecule has 4 aromatic rings. The minimum Gasteiger partial charge on any atom is -0.512 e. The minimum atomic E-state index is -1.90. The van der Waals surface area contributed by atoms with Gasteiger partial charge < -0.3 is 5.11 Å². The third-order valence-electron chi connectivity index (χ3n) is 10.2. The van der Waals surface area contributed by atoms with Crippen molar-refractivity contribution in [2.75, 3.05) is 0 Å². The molecule has 3 nitrogen and oxygen atoms in total. The van der Waals surface area contributed by atoms with Crippen molar-refractivity contribution in [1.82, 2.24) is 4.98 Å². The number of hydrogen-bond donors (Lipinski definition) is 1. The molecule has 0 amide bonds. The molecule has 5 rings (SSSR count). The number of carbonyl (C=O) groups is 1. The molecule has 3 aromatic carbocycles. The number of aliphatic hydroxyl groups excluding tert-OH is 1. The van der Waals surface area contributed by atoms with E-state index in [1.54, 1.807) is 5.19 Å². The number of nitrogens with zero attached hydrogens (tertiary/aromatic N) is 1. The predicted octanol–water partition coefficient (Wildman–Crippen LogP) is 10.9. The van der Waals surface area contributed by atoms with E-state index in [-0.39, 0.29) is 48.9 Å². The van der Waals surface area contributed by atoms with E-state index in [0.717, 1.165) is 43.4 Å². The Bertz CT molecular complexity index is 1770. The van der Waals surface area contributed by atoms with Gasteiger partial charge in [0.25, 0.3) is 0 Å². The van der Waals surface area contributed by atoms with Gasteiger partial charge in [0, 0.05) is 49.9 Å². The number of hydrogen-bond acceptors (Lipinski definition) is 3. The predicted molar refractivity (Wildman–Crippen MR) is 209 cm³/mol. The average Bonchev–Trinajstić information content (AvgIpc) is 3.27. The first-order valence-corrected chi connectivity index (χ1v) is 21.2. The number of aliphatic hydroxyl groups is 1. The van der Waals surface area contributed by atoms with E-state index in [1.807, 2.05) is 33.9 Å². The van der Waals surface area contributed by atoms with Crippen LogP contribution in [0.1, 0.15) is 99.1 Å². The van der Waals surface area contributed by atoms with Crippen molar-refractivity contribution in [3.8, 4) is 22.4 Å². The van der Waals surface area contributed by atoms with Crippen molar-refractivity contribution < 1.29 is 30.0 Å². The molecule has 0 bridgehead atoms. The molecule has 1 aliphatic rings. The van der Waals surface area contributed by atoms with Crippen LogP contribution in [0.5, 0.6) is 0 Å². The molecule has 265 valence electrons. The van der Waals surface area contributed by atoms with Gasteiger partial charge in [-0.15, -0.1) is 29.1 Å². The van der Waals surface area contributed by atoms with Gasteiger partial charge in [-0.05, 0) is 71.4 Å². The number of fused-ring (bicyclic) bond motifs is 4. The second kappa shape index (κ2) is 16.9. The molecule has 49 heavy (non-hydrogen) atoms. The van der Waals surface area contributed by atoms with Crippen LogP contribution >= 0.6 is 0 Å². The van der Waals surface area contributed by atoms with Gasteiger partial charge in [-0.25, -0.2) is 0 Å². The van der Waals surface area contributed by atoms with Crippen LogP contribution in [0, 0.1) is 23.8 Å². The van der Waals surface area contributed by atoms with Gasteiger partial charge in [0.1, 0.15) is 8.07 Å². The smallest absolute Gasteiger partial charge is 0.162 e. The van der Waals surface area contributed by atoms with E-state index in [1.165, 1.54) is 44.3 Å². The molecule has 1 aliphatic heterocycles. The first kappa shape index (κ1) is 40.6. The first-order chi connectivity index (χ1) is 22.7. The molecular weight excluding hydrogens is 795 g/mol. The molecule has 0 saturated carbocycles. The van der Waals surface area contributed by atoms with E-state index in [2.05, 4.69) is 108 Å². The van der Waals surface area contributed by atoms with Crippen molar-refractivity contribution in [3.05, 3.63) is 89.8 Å². The van der Waals surface area contributed by atoms with Crippen molar-refractivity contribution >= 4 is 35.0 Å². The zero-order valence-corrected chi connectivity index (χ0v) is 35.1. The van der Waals surface area contributed by atoms with E-state index in [0.29, 0.717) is 5.92 Å². The number of carbonyl (C=O) groups excluding carboxylic acids is 1. The minimum absolute atomic E-state index is 0. The third kappa shape index (κ3) is 8.91. The van der Waals surface area contributed by atoms with E-state index in [9.17, 15) is 9.90 Å². The molecule has 0 aliphatic carbocycles. The fraction of sp³-hybridized carbons (Fsp3) is 0.455. The Balaban J connectivity index is 0.000000347. The van der Waals surface area contributed by atoms with Crippen molar-refractivity contribution in [2.45, 2.75) is 113 Å². The van der Waals surface area contributed by atoms with Gasteiger partial charge in [-0.2, -0.15) is 0 Å². The fourth-order valence-corrected chi connectivity index (χ4v) is 10.7. The molecule has 0 fully saturated rings. The maximum absolute atomic E-state index is 11.7. The van der Waals surface area contributed by atoms with Crippen molar-refractivity contribution in [2.24, 2.45) is 17.8 Å². The SMILES string of the molecule is CC(C)Cc1ccc2c(c1)[Si](C)(C)c1c-2ccnc1-c1[c-]c2ccccc2c(C(C)(C)C)c1.CCC(CC)C(=O)/C=C(\O)C(CC)CC.[Ir]. The quantitative estimate of drug-likeness (QED) is 0.0748. The van der Waals surface area contributed by atoms with E-state index >= 15 is 0 Å². The summed E-state index contributed by atoms with van der Waals surface area (Å²) in [6, 6.07) is 24.2. The summed E-state index contributed by atoms with van der Waals surface area (Å²) in [4.78, 5) is 16.7. The maximum atomic E-state index is 11.7. The second-order valence-electron chi connectivity index (χ2n) is 15.6. The summed E-state index contributed by atoms with van der Waals surface area (Å²) in [6.45, 7) is 24.6. The van der Waals surface area contributed by atoms with Gasteiger partial charge in [-0.3, -0.25) is 9.78 Å². The molecule has 1 aromatic heterocycles. The molecule has 0 saturated heterocycles. The van der Waals surface area contributed by atoms with Gasteiger partial charge in [0.15, 0.2) is 5.78 Å². The van der Waals surface area contributed by atoms with Crippen LogP contribution in [-0.4, -0.2) is 23.9 Å². The number of allylic oxidation sites excluding steroid dienone is 2. The Labute approximate surface area is 311 Å². The summed E-state index contributed by atoms with van der Waals surface area (Å²) in [6.07, 6.45) is 8.03. The molecule has 5 heteroatoms. The standard InChI is InChI=1S/C31H34NSi.C13H24O2.Ir/c1-20(2)16-21-12-13-25-26-14-15-32-29(30(26)33(6,7)28(25)17-21)23-18-22-10-8-9-11-24(22)27(19-23)31(3,4)5;1-5-10(6-2)12(14)9-13(15)11(7-3)8-4;/h8-15,17,19-20H,16H2,1-7H3;9-11,14H,5-8H2,1-4H3;/q-1;;/b;12-9-;. The third-order valence-corrected chi connectivity index (χ3v) is 13.7. The number of aromatic nitrogens is 1. The summed E-state index contributed by atoms with van der Waals surface area (Å²) in [5.41, 5.74) is 7.91. The number of benzene rings is 3. The fourth-order valence-electron chi connectivity index (χ4n) is 7.36. The van der Waals surface area contributed by atoms with Crippen LogP contribution in [0.15, 0.2) is 72.6 Å².